The van der Waals surface area contributed by atoms with E-state index in [1.54, 1.807) is 0 Å². The molecule has 0 radical (unpaired) electrons. The van der Waals surface area contributed by atoms with Gasteiger partial charge in [-0.15, -0.1) is 0 Å². The predicted octanol–water partition coefficient (Wildman–Crippen LogP) is 6.45. The standard InChI is InChI=1S/C27H21NO2/c29-26-23-11-5-9-20-16-19-8-3-4-10-22(19)25(24(20)23)27(30)28(26)21-14-12-18(13-15-21)17-6-1-2-7-17/h3-5,8-17H,1-2,6-7H2. The van der Waals surface area contributed by atoms with Crippen LogP contribution in [0.2, 0.25) is 0 Å². The van der Waals surface area contributed by atoms with Crippen LogP contribution >= 0.6 is 0 Å². The van der Waals surface area contributed by atoms with Gasteiger partial charge in [-0.25, -0.2) is 4.90 Å². The number of imide groups is 1. The summed E-state index contributed by atoms with van der Waals surface area (Å²) in [6.07, 6.45) is 5.01. The van der Waals surface area contributed by atoms with E-state index >= 15 is 0 Å². The Hall–Kier alpha value is -3.46. The maximum atomic E-state index is 13.7. The second kappa shape index (κ2) is 6.53. The number of hydrogen-bond acceptors (Lipinski definition) is 2. The second-order valence-electron chi connectivity index (χ2n) is 8.40. The molecule has 0 bridgehead atoms. The lowest BCUT2D eigenvalue weighted by atomic mass is 9.89. The zero-order valence-electron chi connectivity index (χ0n) is 16.6. The first-order valence-electron chi connectivity index (χ1n) is 10.7. The van der Waals surface area contributed by atoms with Crippen LogP contribution in [0.1, 0.15) is 57.9 Å². The third-order valence-electron chi connectivity index (χ3n) is 6.72. The summed E-state index contributed by atoms with van der Waals surface area (Å²) in [7, 11) is 0. The van der Waals surface area contributed by atoms with Crippen LogP contribution in [0.3, 0.4) is 0 Å². The van der Waals surface area contributed by atoms with E-state index in [-0.39, 0.29) is 11.8 Å². The smallest absolute Gasteiger partial charge is 0.266 e. The van der Waals surface area contributed by atoms with E-state index in [1.165, 1.54) is 36.1 Å². The van der Waals surface area contributed by atoms with Crippen molar-refractivity contribution < 1.29 is 9.59 Å². The van der Waals surface area contributed by atoms with Gasteiger partial charge in [-0.2, -0.15) is 0 Å². The van der Waals surface area contributed by atoms with Gasteiger partial charge in [0.1, 0.15) is 0 Å². The molecule has 4 aromatic carbocycles. The summed E-state index contributed by atoms with van der Waals surface area (Å²) < 4.78 is 0. The molecule has 0 spiro atoms. The third kappa shape index (κ3) is 2.45. The Morgan fingerprint density at radius 1 is 0.733 bits per heavy atom. The molecule has 0 N–H and O–H groups in total. The minimum Gasteiger partial charge on any atom is -0.268 e. The Labute approximate surface area is 174 Å². The molecule has 2 amide bonds. The van der Waals surface area contributed by atoms with Gasteiger partial charge < -0.3 is 0 Å². The molecule has 146 valence electrons. The zero-order chi connectivity index (χ0) is 20.2. The van der Waals surface area contributed by atoms with Gasteiger partial charge in [0.05, 0.1) is 11.3 Å². The molecule has 1 saturated carbocycles. The lowest BCUT2D eigenvalue weighted by molar-refractivity contribution is 0.0894. The van der Waals surface area contributed by atoms with Crippen molar-refractivity contribution in [2.75, 3.05) is 4.90 Å². The van der Waals surface area contributed by atoms with Crippen LogP contribution < -0.4 is 4.90 Å². The van der Waals surface area contributed by atoms with Crippen LogP contribution in [0.4, 0.5) is 5.69 Å². The SMILES string of the molecule is O=C1c2cccc3cc4ccccc4c(c23)C(=O)N1c1ccc(C2CCCC2)cc1. The normalized spacial score (nSPS) is 16.7. The van der Waals surface area contributed by atoms with E-state index in [0.29, 0.717) is 22.7 Å². The Morgan fingerprint density at radius 3 is 2.27 bits per heavy atom. The minimum atomic E-state index is -0.248. The molecule has 1 aliphatic carbocycles. The number of fused-ring (bicyclic) bond motifs is 2. The van der Waals surface area contributed by atoms with E-state index in [0.717, 1.165) is 21.5 Å². The molecule has 0 unspecified atom stereocenters. The molecule has 1 fully saturated rings. The fraction of sp³-hybridized carbons (Fsp3) is 0.185. The molecule has 3 nitrogen and oxygen atoms in total. The van der Waals surface area contributed by atoms with E-state index in [1.807, 2.05) is 54.6 Å². The summed E-state index contributed by atoms with van der Waals surface area (Å²) in [6.45, 7) is 0. The molecule has 4 aromatic rings. The number of nitrogens with zero attached hydrogens (tertiary/aromatic N) is 1. The van der Waals surface area contributed by atoms with Crippen molar-refractivity contribution in [1.29, 1.82) is 0 Å². The number of hydrogen-bond donors (Lipinski definition) is 0. The number of rotatable bonds is 2. The molecule has 6 rings (SSSR count). The highest BCUT2D eigenvalue weighted by Crippen LogP contribution is 2.39. The van der Waals surface area contributed by atoms with Crippen molar-refractivity contribution >= 4 is 39.0 Å². The summed E-state index contributed by atoms with van der Waals surface area (Å²) in [5, 5.41) is 3.60. The Bertz CT molecular complexity index is 1330. The lowest BCUT2D eigenvalue weighted by Crippen LogP contribution is -2.40. The number of carbonyl (C=O) groups excluding carboxylic acids is 2. The van der Waals surface area contributed by atoms with Crippen LogP contribution in [0.15, 0.2) is 72.8 Å². The van der Waals surface area contributed by atoms with Crippen molar-refractivity contribution in [3.8, 4) is 0 Å². The first-order chi connectivity index (χ1) is 14.7. The van der Waals surface area contributed by atoms with Crippen LogP contribution in [0.5, 0.6) is 0 Å². The number of amides is 2. The molecule has 2 aliphatic rings. The third-order valence-corrected chi connectivity index (χ3v) is 6.72. The molecular weight excluding hydrogens is 370 g/mol. The molecule has 0 atom stereocenters. The quantitative estimate of drug-likeness (QED) is 0.291. The minimum absolute atomic E-state index is 0.242. The van der Waals surface area contributed by atoms with Crippen molar-refractivity contribution in [3.63, 3.8) is 0 Å². The van der Waals surface area contributed by atoms with Crippen molar-refractivity contribution in [1.82, 2.24) is 0 Å². The van der Waals surface area contributed by atoms with Crippen LogP contribution in [-0.4, -0.2) is 11.8 Å². The molecule has 30 heavy (non-hydrogen) atoms. The van der Waals surface area contributed by atoms with E-state index < -0.39 is 0 Å². The molecule has 0 aromatic heterocycles. The van der Waals surface area contributed by atoms with Gasteiger partial charge in [0.15, 0.2) is 0 Å². The zero-order valence-corrected chi connectivity index (χ0v) is 16.6. The number of benzene rings is 4. The number of anilines is 1. The van der Waals surface area contributed by atoms with Crippen molar-refractivity contribution in [2.24, 2.45) is 0 Å². The number of carbonyl (C=O) groups is 2. The summed E-state index contributed by atoms with van der Waals surface area (Å²) in [6, 6.07) is 23.7. The van der Waals surface area contributed by atoms with Crippen LogP contribution in [0, 0.1) is 0 Å². The molecule has 1 heterocycles. The fourth-order valence-electron chi connectivity index (χ4n) is 5.24. The second-order valence-corrected chi connectivity index (χ2v) is 8.40. The summed E-state index contributed by atoms with van der Waals surface area (Å²) in [5.74, 6) is 0.112. The largest absolute Gasteiger partial charge is 0.268 e. The summed E-state index contributed by atoms with van der Waals surface area (Å²) in [5.41, 5.74) is 3.16. The van der Waals surface area contributed by atoms with Crippen molar-refractivity contribution in [2.45, 2.75) is 31.6 Å². The fourth-order valence-corrected chi connectivity index (χ4v) is 5.24. The van der Waals surface area contributed by atoms with Gasteiger partial charge in [-0.3, -0.25) is 9.59 Å². The topological polar surface area (TPSA) is 37.4 Å². The molecule has 0 saturated heterocycles. The highest BCUT2D eigenvalue weighted by Gasteiger charge is 2.35. The lowest BCUT2D eigenvalue weighted by Gasteiger charge is -2.28. The Balaban J connectivity index is 1.53. The maximum absolute atomic E-state index is 13.7. The highest BCUT2D eigenvalue weighted by molar-refractivity contribution is 6.39. The predicted molar refractivity (Wildman–Crippen MR) is 120 cm³/mol. The van der Waals surface area contributed by atoms with Gasteiger partial charge in [0.25, 0.3) is 11.8 Å². The van der Waals surface area contributed by atoms with Gasteiger partial charge in [-0.05, 0) is 64.7 Å². The molecular formula is C27H21NO2. The van der Waals surface area contributed by atoms with E-state index in [2.05, 4.69) is 18.2 Å². The molecule has 1 aliphatic heterocycles. The first-order valence-corrected chi connectivity index (χ1v) is 10.7. The Morgan fingerprint density at radius 2 is 1.47 bits per heavy atom. The monoisotopic (exact) mass is 391 g/mol. The maximum Gasteiger partial charge on any atom is 0.266 e. The van der Waals surface area contributed by atoms with Crippen LogP contribution in [0.25, 0.3) is 21.5 Å². The molecule has 3 heteroatoms. The summed E-state index contributed by atoms with van der Waals surface area (Å²) in [4.78, 5) is 28.4. The first kappa shape index (κ1) is 17.4. The van der Waals surface area contributed by atoms with E-state index in [9.17, 15) is 9.59 Å². The van der Waals surface area contributed by atoms with Gasteiger partial charge in [-0.1, -0.05) is 61.4 Å². The Kier molecular flexibility index (Phi) is 3.79. The van der Waals surface area contributed by atoms with Gasteiger partial charge >= 0.3 is 0 Å². The van der Waals surface area contributed by atoms with Gasteiger partial charge in [0, 0.05) is 10.9 Å². The van der Waals surface area contributed by atoms with Gasteiger partial charge in [0.2, 0.25) is 0 Å². The van der Waals surface area contributed by atoms with Crippen LogP contribution in [-0.2, 0) is 0 Å². The van der Waals surface area contributed by atoms with Crippen molar-refractivity contribution in [3.05, 3.63) is 89.5 Å². The average Bonchev–Trinajstić information content (AvgIpc) is 3.32. The average molecular weight is 391 g/mol. The summed E-state index contributed by atoms with van der Waals surface area (Å²) >= 11 is 0. The van der Waals surface area contributed by atoms with E-state index in [4.69, 9.17) is 0 Å². The highest BCUT2D eigenvalue weighted by atomic mass is 16.2.